The highest BCUT2D eigenvalue weighted by Crippen LogP contribution is 2.30. The van der Waals surface area contributed by atoms with Crippen LogP contribution in [0.1, 0.15) is 41.7 Å². The Hall–Kier alpha value is -2.48. The Morgan fingerprint density at radius 3 is 2.75 bits per heavy atom. The van der Waals surface area contributed by atoms with Gasteiger partial charge in [0, 0.05) is 45.9 Å². The van der Waals surface area contributed by atoms with Crippen molar-refractivity contribution < 1.29 is 18.7 Å². The number of amides is 1. The van der Waals surface area contributed by atoms with Crippen molar-refractivity contribution in [2.75, 3.05) is 52.0 Å². The zero-order chi connectivity index (χ0) is 22.9. The summed E-state index contributed by atoms with van der Waals surface area (Å²) in [6.07, 6.45) is 1.93. The molecule has 0 spiro atoms. The number of likely N-dealkylation sites (N-methyl/N-ethyl adjacent to an activating group) is 1. The van der Waals surface area contributed by atoms with Crippen LogP contribution in [-0.2, 0) is 9.47 Å². The first-order chi connectivity index (χ1) is 15.5. The summed E-state index contributed by atoms with van der Waals surface area (Å²) >= 11 is 0. The number of benzene rings is 2. The molecule has 1 amide bonds. The number of nitrogens with zero attached hydrogens (tertiary/aromatic N) is 2. The fraction of sp³-hybridized carbons (Fsp3) is 0.480. The number of ether oxygens (including phenoxy) is 2. The molecule has 1 N–H and O–H groups in total. The molecule has 1 fully saturated rings. The molecule has 0 unspecified atom stereocenters. The SMILES string of the molecule is CCCNC(=O)c1ccc(N(C)[C@H](CN2CC[C@H](OCOC)C2)c2ccccc2)c(F)c1. The van der Waals surface area contributed by atoms with Crippen LogP contribution in [0.2, 0.25) is 0 Å². The summed E-state index contributed by atoms with van der Waals surface area (Å²) < 4.78 is 25.9. The first kappa shape index (κ1) is 24.2. The lowest BCUT2D eigenvalue weighted by molar-refractivity contribution is -0.0671. The molecule has 0 saturated carbocycles. The largest absolute Gasteiger partial charge is 0.364 e. The number of nitrogens with one attached hydrogen (secondary N) is 1. The molecule has 2 aromatic rings. The van der Waals surface area contributed by atoms with Gasteiger partial charge < -0.3 is 19.7 Å². The average Bonchev–Trinajstić information content (AvgIpc) is 3.27. The second kappa shape index (κ2) is 11.9. The maximum Gasteiger partial charge on any atom is 0.251 e. The monoisotopic (exact) mass is 443 g/mol. The Balaban J connectivity index is 1.77. The maximum atomic E-state index is 15.1. The van der Waals surface area contributed by atoms with E-state index in [2.05, 4.69) is 22.3 Å². The van der Waals surface area contributed by atoms with Crippen LogP contribution >= 0.6 is 0 Å². The van der Waals surface area contributed by atoms with Crippen LogP contribution in [0, 0.1) is 5.82 Å². The molecule has 32 heavy (non-hydrogen) atoms. The molecule has 1 saturated heterocycles. The minimum atomic E-state index is -0.402. The molecular weight excluding hydrogens is 409 g/mol. The summed E-state index contributed by atoms with van der Waals surface area (Å²) in [6.45, 7) is 5.33. The van der Waals surface area contributed by atoms with Crippen LogP contribution < -0.4 is 10.2 Å². The van der Waals surface area contributed by atoms with Gasteiger partial charge in [-0.2, -0.15) is 0 Å². The van der Waals surface area contributed by atoms with Crippen molar-refractivity contribution in [3.63, 3.8) is 0 Å². The molecule has 6 nitrogen and oxygen atoms in total. The zero-order valence-corrected chi connectivity index (χ0v) is 19.2. The smallest absolute Gasteiger partial charge is 0.251 e. The topological polar surface area (TPSA) is 54.0 Å². The lowest BCUT2D eigenvalue weighted by atomic mass is 10.0. The van der Waals surface area contributed by atoms with Crippen LogP contribution in [0.4, 0.5) is 10.1 Å². The predicted octanol–water partition coefficient (Wildman–Crippen LogP) is 3.84. The number of hydrogen-bond acceptors (Lipinski definition) is 5. The lowest BCUT2D eigenvalue weighted by Gasteiger charge is -2.34. The normalized spacial score (nSPS) is 17.3. The molecule has 3 rings (SSSR count). The van der Waals surface area contributed by atoms with Crippen molar-refractivity contribution >= 4 is 11.6 Å². The number of carbonyl (C=O) groups excluding carboxylic acids is 1. The Bertz CT molecular complexity index is 865. The van der Waals surface area contributed by atoms with Gasteiger partial charge in [0.1, 0.15) is 12.6 Å². The van der Waals surface area contributed by atoms with Gasteiger partial charge in [-0.1, -0.05) is 37.3 Å². The van der Waals surface area contributed by atoms with E-state index in [1.165, 1.54) is 6.07 Å². The average molecular weight is 444 g/mol. The van der Waals surface area contributed by atoms with Crippen LogP contribution in [0.15, 0.2) is 48.5 Å². The molecule has 0 aromatic heterocycles. The van der Waals surface area contributed by atoms with E-state index in [0.717, 1.165) is 38.0 Å². The highest BCUT2D eigenvalue weighted by atomic mass is 19.1. The number of carbonyl (C=O) groups is 1. The van der Waals surface area contributed by atoms with Crippen molar-refractivity contribution in [3.05, 3.63) is 65.5 Å². The number of methoxy groups -OCH3 is 1. The maximum absolute atomic E-state index is 15.1. The third kappa shape index (κ3) is 6.28. The van der Waals surface area contributed by atoms with Gasteiger partial charge in [-0.15, -0.1) is 0 Å². The first-order valence-corrected chi connectivity index (χ1v) is 11.2. The van der Waals surface area contributed by atoms with Crippen molar-refractivity contribution in [2.24, 2.45) is 0 Å². The lowest BCUT2D eigenvalue weighted by Crippen LogP contribution is -2.36. The summed E-state index contributed by atoms with van der Waals surface area (Å²) in [5, 5.41) is 2.79. The molecule has 0 radical (unpaired) electrons. The van der Waals surface area contributed by atoms with Gasteiger partial charge in [0.25, 0.3) is 5.91 Å². The minimum Gasteiger partial charge on any atom is -0.364 e. The van der Waals surface area contributed by atoms with Crippen LogP contribution in [0.3, 0.4) is 0 Å². The van der Waals surface area contributed by atoms with E-state index in [1.54, 1.807) is 19.2 Å². The van der Waals surface area contributed by atoms with E-state index in [-0.39, 0.29) is 18.1 Å². The second-order valence-corrected chi connectivity index (χ2v) is 8.20. The summed E-state index contributed by atoms with van der Waals surface area (Å²) in [5.41, 5.74) is 1.92. The summed E-state index contributed by atoms with van der Waals surface area (Å²) in [4.78, 5) is 16.5. The molecule has 2 atom stereocenters. The first-order valence-electron chi connectivity index (χ1n) is 11.2. The molecule has 2 aromatic carbocycles. The van der Waals surface area contributed by atoms with E-state index in [4.69, 9.17) is 9.47 Å². The molecule has 1 aliphatic heterocycles. The molecule has 7 heteroatoms. The summed E-state index contributed by atoms with van der Waals surface area (Å²) in [6, 6.07) is 14.8. The van der Waals surface area contributed by atoms with E-state index >= 15 is 4.39 Å². The Morgan fingerprint density at radius 2 is 2.06 bits per heavy atom. The van der Waals surface area contributed by atoms with Crippen molar-refractivity contribution in [3.8, 4) is 0 Å². The van der Waals surface area contributed by atoms with Crippen LogP contribution in [-0.4, -0.2) is 64.0 Å². The van der Waals surface area contributed by atoms with Gasteiger partial charge in [-0.05, 0) is 36.6 Å². The molecular formula is C25H34FN3O3. The van der Waals surface area contributed by atoms with E-state index < -0.39 is 5.82 Å². The van der Waals surface area contributed by atoms with Crippen LogP contribution in [0.5, 0.6) is 0 Å². The Labute approximate surface area is 190 Å². The molecule has 0 bridgehead atoms. The number of anilines is 1. The van der Waals surface area contributed by atoms with Gasteiger partial charge in [-0.3, -0.25) is 9.69 Å². The Morgan fingerprint density at radius 1 is 1.28 bits per heavy atom. The minimum absolute atomic E-state index is 0.0494. The van der Waals surface area contributed by atoms with Crippen molar-refractivity contribution in [1.82, 2.24) is 10.2 Å². The van der Waals surface area contributed by atoms with Gasteiger partial charge >= 0.3 is 0 Å². The predicted molar refractivity (Wildman–Crippen MR) is 124 cm³/mol. The number of hydrogen-bond donors (Lipinski definition) is 1. The third-order valence-corrected chi connectivity index (χ3v) is 5.86. The standard InChI is InChI=1S/C25H34FN3O3/c1-4-13-27-25(30)20-10-11-23(22(26)15-20)28(2)24(19-8-6-5-7-9-19)17-29-14-12-21(16-29)32-18-31-3/h5-11,15,21,24H,4,12-14,16-18H2,1-3H3,(H,27,30)/t21-,24+/m0/s1. The second-order valence-electron chi connectivity index (χ2n) is 8.20. The fourth-order valence-electron chi connectivity index (χ4n) is 4.08. The summed E-state index contributed by atoms with van der Waals surface area (Å²) in [7, 11) is 3.53. The number of rotatable bonds is 11. The van der Waals surface area contributed by atoms with Gasteiger partial charge in [0.05, 0.1) is 17.8 Å². The van der Waals surface area contributed by atoms with E-state index in [9.17, 15) is 4.79 Å². The molecule has 0 aliphatic carbocycles. The quantitative estimate of drug-likeness (QED) is 0.535. The number of halogens is 1. The van der Waals surface area contributed by atoms with Gasteiger partial charge in [-0.25, -0.2) is 4.39 Å². The third-order valence-electron chi connectivity index (χ3n) is 5.86. The van der Waals surface area contributed by atoms with Gasteiger partial charge in [0.2, 0.25) is 0 Å². The van der Waals surface area contributed by atoms with E-state index in [0.29, 0.717) is 24.6 Å². The van der Waals surface area contributed by atoms with Gasteiger partial charge in [0.15, 0.2) is 0 Å². The molecule has 1 aliphatic rings. The highest BCUT2D eigenvalue weighted by Gasteiger charge is 2.28. The van der Waals surface area contributed by atoms with E-state index in [1.807, 2.05) is 37.1 Å². The molecule has 174 valence electrons. The highest BCUT2D eigenvalue weighted by molar-refractivity contribution is 5.94. The molecule has 1 heterocycles. The summed E-state index contributed by atoms with van der Waals surface area (Å²) in [5.74, 6) is -0.654. The Kier molecular flexibility index (Phi) is 9.02. The van der Waals surface area contributed by atoms with Crippen LogP contribution in [0.25, 0.3) is 0 Å². The zero-order valence-electron chi connectivity index (χ0n) is 19.2. The van der Waals surface area contributed by atoms with Crippen molar-refractivity contribution in [2.45, 2.75) is 31.9 Å². The van der Waals surface area contributed by atoms with Crippen molar-refractivity contribution in [1.29, 1.82) is 0 Å². The number of likely N-dealkylation sites (tertiary alicyclic amines) is 1. The fourth-order valence-corrected chi connectivity index (χ4v) is 4.08.